The van der Waals surface area contributed by atoms with E-state index in [2.05, 4.69) is 29.7 Å². The number of aliphatic hydroxyl groups is 1. The van der Waals surface area contributed by atoms with Crippen molar-refractivity contribution in [3.05, 3.63) is 29.3 Å². The van der Waals surface area contributed by atoms with Crippen molar-refractivity contribution in [2.75, 3.05) is 46.9 Å². The fourth-order valence-electron chi connectivity index (χ4n) is 3.28. The van der Waals surface area contributed by atoms with Crippen LogP contribution in [0, 0.1) is 13.8 Å². The number of hydrogen-bond donors (Lipinski definition) is 1. The first-order valence-electron chi connectivity index (χ1n) is 8.18. The van der Waals surface area contributed by atoms with E-state index >= 15 is 0 Å². The van der Waals surface area contributed by atoms with Crippen molar-refractivity contribution in [1.29, 1.82) is 0 Å². The molecule has 0 bridgehead atoms. The average molecular weight is 306 g/mol. The van der Waals surface area contributed by atoms with Gasteiger partial charge in [-0.15, -0.1) is 0 Å². The smallest absolute Gasteiger partial charge is 0.122 e. The molecule has 0 aromatic heterocycles. The van der Waals surface area contributed by atoms with Crippen molar-refractivity contribution in [2.24, 2.45) is 0 Å². The van der Waals surface area contributed by atoms with Crippen LogP contribution in [-0.2, 0) is 0 Å². The summed E-state index contributed by atoms with van der Waals surface area (Å²) in [5, 5.41) is 10.7. The monoisotopic (exact) mass is 306 g/mol. The van der Waals surface area contributed by atoms with Crippen LogP contribution in [-0.4, -0.2) is 67.4 Å². The lowest BCUT2D eigenvalue weighted by Gasteiger charge is -2.40. The third kappa shape index (κ3) is 4.70. The van der Waals surface area contributed by atoms with Crippen LogP contribution in [0.15, 0.2) is 18.2 Å². The first-order valence-corrected chi connectivity index (χ1v) is 8.18. The topological polar surface area (TPSA) is 35.9 Å². The summed E-state index contributed by atoms with van der Waals surface area (Å²) in [6.45, 7) is 8.25. The molecule has 2 rings (SSSR count). The maximum atomic E-state index is 10.7. The summed E-state index contributed by atoms with van der Waals surface area (Å²) in [4.78, 5) is 4.38. The summed E-state index contributed by atoms with van der Waals surface area (Å²) >= 11 is 0. The molecule has 4 nitrogen and oxygen atoms in total. The summed E-state index contributed by atoms with van der Waals surface area (Å²) < 4.78 is 5.94. The largest absolute Gasteiger partial charge is 0.492 e. The maximum Gasteiger partial charge on any atom is 0.122 e. The molecule has 0 saturated carbocycles. The van der Waals surface area contributed by atoms with Crippen LogP contribution in [0.2, 0.25) is 0 Å². The molecule has 124 valence electrons. The normalized spacial score (nSPS) is 23.0. The Balaban J connectivity index is 1.83. The van der Waals surface area contributed by atoms with E-state index in [0.717, 1.165) is 44.8 Å². The molecule has 4 heteroatoms. The van der Waals surface area contributed by atoms with Crippen molar-refractivity contribution in [3.8, 4) is 5.75 Å². The van der Waals surface area contributed by atoms with Gasteiger partial charge in [0.25, 0.3) is 0 Å². The predicted molar refractivity (Wildman–Crippen MR) is 90.6 cm³/mol. The Hall–Kier alpha value is -1.10. The van der Waals surface area contributed by atoms with E-state index in [1.54, 1.807) is 0 Å². The molecule has 1 aliphatic rings. The van der Waals surface area contributed by atoms with E-state index in [-0.39, 0.29) is 0 Å². The molecule has 0 amide bonds. The maximum absolute atomic E-state index is 10.7. The van der Waals surface area contributed by atoms with Gasteiger partial charge in [-0.3, -0.25) is 4.90 Å². The van der Waals surface area contributed by atoms with Gasteiger partial charge in [-0.05, 0) is 64.5 Å². The number of rotatable bonds is 6. The third-order valence-electron chi connectivity index (χ3n) is 4.46. The van der Waals surface area contributed by atoms with Crippen LogP contribution in [0.5, 0.6) is 5.75 Å². The number of likely N-dealkylation sites (tertiary alicyclic amines) is 1. The van der Waals surface area contributed by atoms with Gasteiger partial charge in [0.15, 0.2) is 0 Å². The number of piperidine rings is 1. The molecule has 1 aliphatic heterocycles. The molecule has 1 atom stereocenters. The Kier molecular flexibility index (Phi) is 5.84. The first kappa shape index (κ1) is 17.3. The lowest BCUT2D eigenvalue weighted by atomic mass is 9.92. The van der Waals surface area contributed by atoms with Crippen LogP contribution in [0.3, 0.4) is 0 Å². The lowest BCUT2D eigenvalue weighted by molar-refractivity contribution is -0.0477. The Morgan fingerprint density at radius 1 is 1.32 bits per heavy atom. The zero-order valence-electron chi connectivity index (χ0n) is 14.4. The van der Waals surface area contributed by atoms with Crippen LogP contribution in [0.4, 0.5) is 0 Å². The molecule has 1 aromatic carbocycles. The number of likely N-dealkylation sites (N-methyl/N-ethyl adjacent to an activating group) is 1. The van der Waals surface area contributed by atoms with Crippen LogP contribution >= 0.6 is 0 Å². The molecular weight excluding hydrogens is 276 g/mol. The van der Waals surface area contributed by atoms with E-state index < -0.39 is 5.60 Å². The summed E-state index contributed by atoms with van der Waals surface area (Å²) in [6, 6.07) is 6.17. The van der Waals surface area contributed by atoms with Gasteiger partial charge in [0, 0.05) is 19.6 Å². The highest BCUT2D eigenvalue weighted by Gasteiger charge is 2.33. The second-order valence-electron chi connectivity index (χ2n) is 6.89. The molecule has 0 aliphatic carbocycles. The van der Waals surface area contributed by atoms with Gasteiger partial charge in [0.2, 0.25) is 0 Å². The van der Waals surface area contributed by atoms with E-state index in [1.165, 1.54) is 11.1 Å². The Bertz CT molecular complexity index is 490. The summed E-state index contributed by atoms with van der Waals surface area (Å²) in [7, 11) is 4.03. The first-order chi connectivity index (χ1) is 10.4. The second-order valence-corrected chi connectivity index (χ2v) is 6.89. The van der Waals surface area contributed by atoms with Gasteiger partial charge in [-0.1, -0.05) is 12.1 Å². The molecule has 1 heterocycles. The molecule has 1 aromatic rings. The predicted octanol–water partition coefficient (Wildman–Crippen LogP) is 2.07. The molecule has 1 N–H and O–H groups in total. The van der Waals surface area contributed by atoms with Crippen LogP contribution in [0.1, 0.15) is 24.0 Å². The van der Waals surface area contributed by atoms with E-state index in [0.29, 0.717) is 6.61 Å². The Morgan fingerprint density at radius 2 is 2.09 bits per heavy atom. The second kappa shape index (κ2) is 7.44. The summed E-state index contributed by atoms with van der Waals surface area (Å²) in [5.41, 5.74) is 1.89. The van der Waals surface area contributed by atoms with Crippen molar-refractivity contribution >= 4 is 0 Å². The van der Waals surface area contributed by atoms with E-state index in [9.17, 15) is 5.11 Å². The SMILES string of the molecule is Cc1cccc(OCCN2CCC[C@@](O)(CN(C)C)C2)c1C. The summed E-state index contributed by atoms with van der Waals surface area (Å²) in [6.07, 6.45) is 1.94. The van der Waals surface area contributed by atoms with Gasteiger partial charge in [0.05, 0.1) is 5.60 Å². The zero-order chi connectivity index (χ0) is 16.2. The highest BCUT2D eigenvalue weighted by molar-refractivity contribution is 5.38. The van der Waals surface area contributed by atoms with Crippen molar-refractivity contribution in [2.45, 2.75) is 32.3 Å². The zero-order valence-corrected chi connectivity index (χ0v) is 14.4. The number of aryl methyl sites for hydroxylation is 1. The van der Waals surface area contributed by atoms with Gasteiger partial charge in [-0.2, -0.15) is 0 Å². The molecule has 22 heavy (non-hydrogen) atoms. The minimum Gasteiger partial charge on any atom is -0.492 e. The number of nitrogens with zero attached hydrogens (tertiary/aromatic N) is 2. The number of β-amino-alcohol motifs (C(OH)–C–C–N with tert-alkyl or cyclic N) is 1. The molecule has 0 spiro atoms. The average Bonchev–Trinajstić information content (AvgIpc) is 2.42. The van der Waals surface area contributed by atoms with Gasteiger partial charge < -0.3 is 14.7 Å². The van der Waals surface area contributed by atoms with Crippen molar-refractivity contribution < 1.29 is 9.84 Å². The van der Waals surface area contributed by atoms with Gasteiger partial charge in [0.1, 0.15) is 12.4 Å². The number of ether oxygens (including phenoxy) is 1. The van der Waals surface area contributed by atoms with Crippen molar-refractivity contribution in [1.82, 2.24) is 9.80 Å². The standard InChI is InChI=1S/C18H30N2O2/c1-15-7-5-8-17(16(15)2)22-12-11-20-10-6-9-18(21,14-20)13-19(3)4/h5,7-8,21H,6,9-14H2,1-4H3/t18-/m1/s1. The summed E-state index contributed by atoms with van der Waals surface area (Å²) in [5.74, 6) is 0.973. The van der Waals surface area contributed by atoms with Crippen molar-refractivity contribution in [3.63, 3.8) is 0 Å². The molecule has 1 saturated heterocycles. The molecule has 0 unspecified atom stereocenters. The van der Waals surface area contributed by atoms with Gasteiger partial charge in [-0.25, -0.2) is 0 Å². The highest BCUT2D eigenvalue weighted by Crippen LogP contribution is 2.23. The molecule has 0 radical (unpaired) electrons. The molecule has 1 fully saturated rings. The van der Waals surface area contributed by atoms with Crippen LogP contribution in [0.25, 0.3) is 0 Å². The quantitative estimate of drug-likeness (QED) is 0.873. The molecular formula is C18H30N2O2. The minimum absolute atomic E-state index is 0.582. The third-order valence-corrected chi connectivity index (χ3v) is 4.46. The van der Waals surface area contributed by atoms with Gasteiger partial charge >= 0.3 is 0 Å². The minimum atomic E-state index is -0.582. The number of hydrogen-bond acceptors (Lipinski definition) is 4. The fraction of sp³-hybridized carbons (Fsp3) is 0.667. The van der Waals surface area contributed by atoms with E-state index in [1.807, 2.05) is 26.2 Å². The van der Waals surface area contributed by atoms with Crippen LogP contribution < -0.4 is 4.74 Å². The lowest BCUT2D eigenvalue weighted by Crippen LogP contribution is -2.53. The van der Waals surface area contributed by atoms with E-state index in [4.69, 9.17) is 4.74 Å². The highest BCUT2D eigenvalue weighted by atomic mass is 16.5. The number of benzene rings is 1. The fourth-order valence-corrected chi connectivity index (χ4v) is 3.28. The Labute approximate surface area is 134 Å². The Morgan fingerprint density at radius 3 is 2.82 bits per heavy atom.